The van der Waals surface area contributed by atoms with E-state index in [1.54, 1.807) is 0 Å². The van der Waals surface area contributed by atoms with Gasteiger partial charge in [-0.05, 0) is 25.3 Å². The number of carbonyl (C=O) groups excluding carboxylic acids is 1. The monoisotopic (exact) mass is 254 g/mol. The van der Waals surface area contributed by atoms with E-state index >= 15 is 0 Å². The molecule has 0 spiro atoms. The number of hydrogen-bond donors (Lipinski definition) is 2. The second-order valence-electron chi connectivity index (χ2n) is 5.99. The molecule has 1 unspecified atom stereocenters. The molecule has 2 N–H and O–H groups in total. The Morgan fingerprint density at radius 2 is 1.89 bits per heavy atom. The molecule has 1 aliphatic carbocycles. The lowest BCUT2D eigenvalue weighted by Gasteiger charge is -2.23. The van der Waals surface area contributed by atoms with E-state index < -0.39 is 0 Å². The molecule has 3 nitrogen and oxygen atoms in total. The first kappa shape index (κ1) is 15.5. The Labute approximate surface area is 112 Å². The zero-order chi connectivity index (χ0) is 13.4. The van der Waals surface area contributed by atoms with Gasteiger partial charge in [0.1, 0.15) is 0 Å². The predicted octanol–water partition coefficient (Wildman–Crippen LogP) is 2.56. The summed E-state index contributed by atoms with van der Waals surface area (Å²) in [5.41, 5.74) is 0. The molecule has 0 aromatic carbocycles. The SMILES string of the molecule is CNCC(C(=O)NCCC1CCCCC1)C(C)C. The van der Waals surface area contributed by atoms with E-state index in [0.29, 0.717) is 5.92 Å². The van der Waals surface area contributed by atoms with E-state index in [0.717, 1.165) is 25.4 Å². The highest BCUT2D eigenvalue weighted by atomic mass is 16.1. The highest BCUT2D eigenvalue weighted by molar-refractivity contribution is 5.79. The second kappa shape index (κ2) is 8.52. The molecule has 1 amide bonds. The summed E-state index contributed by atoms with van der Waals surface area (Å²) < 4.78 is 0. The average molecular weight is 254 g/mol. The minimum atomic E-state index is 0.0985. The number of nitrogens with one attached hydrogen (secondary N) is 2. The number of hydrogen-bond acceptors (Lipinski definition) is 2. The van der Waals surface area contributed by atoms with Crippen molar-refractivity contribution in [1.82, 2.24) is 10.6 Å². The first-order valence-corrected chi connectivity index (χ1v) is 7.57. The topological polar surface area (TPSA) is 41.1 Å². The Kier molecular flexibility index (Phi) is 7.33. The summed E-state index contributed by atoms with van der Waals surface area (Å²) in [4.78, 5) is 12.1. The van der Waals surface area contributed by atoms with Gasteiger partial charge in [-0.15, -0.1) is 0 Å². The van der Waals surface area contributed by atoms with Crippen LogP contribution in [0.2, 0.25) is 0 Å². The third-order valence-electron chi connectivity index (χ3n) is 4.14. The molecule has 0 aromatic heterocycles. The normalized spacial score (nSPS) is 18.9. The van der Waals surface area contributed by atoms with E-state index in [-0.39, 0.29) is 11.8 Å². The summed E-state index contributed by atoms with van der Waals surface area (Å²) in [7, 11) is 1.91. The Balaban J connectivity index is 2.21. The van der Waals surface area contributed by atoms with Crippen molar-refractivity contribution in [2.24, 2.45) is 17.8 Å². The van der Waals surface area contributed by atoms with E-state index in [9.17, 15) is 4.79 Å². The van der Waals surface area contributed by atoms with Crippen LogP contribution in [0.1, 0.15) is 52.4 Å². The summed E-state index contributed by atoms with van der Waals surface area (Å²) in [5, 5.41) is 6.23. The summed E-state index contributed by atoms with van der Waals surface area (Å²) >= 11 is 0. The third kappa shape index (κ3) is 5.38. The molecule has 1 fully saturated rings. The molecule has 0 heterocycles. The zero-order valence-corrected chi connectivity index (χ0v) is 12.3. The second-order valence-corrected chi connectivity index (χ2v) is 5.99. The highest BCUT2D eigenvalue weighted by Gasteiger charge is 2.21. The van der Waals surface area contributed by atoms with E-state index in [1.165, 1.54) is 32.1 Å². The first-order chi connectivity index (χ1) is 8.65. The van der Waals surface area contributed by atoms with Crippen LogP contribution in [0.4, 0.5) is 0 Å². The molecule has 18 heavy (non-hydrogen) atoms. The van der Waals surface area contributed by atoms with Gasteiger partial charge in [0.15, 0.2) is 0 Å². The molecular formula is C15H30N2O. The molecular weight excluding hydrogens is 224 g/mol. The number of amides is 1. The number of carbonyl (C=O) groups is 1. The van der Waals surface area contributed by atoms with E-state index in [2.05, 4.69) is 24.5 Å². The van der Waals surface area contributed by atoms with Gasteiger partial charge in [0, 0.05) is 13.1 Å². The van der Waals surface area contributed by atoms with Crippen molar-refractivity contribution in [2.75, 3.05) is 20.1 Å². The predicted molar refractivity (Wildman–Crippen MR) is 76.5 cm³/mol. The van der Waals surface area contributed by atoms with Crippen LogP contribution in [0.5, 0.6) is 0 Å². The Hall–Kier alpha value is -0.570. The quantitative estimate of drug-likeness (QED) is 0.733. The van der Waals surface area contributed by atoms with E-state index in [4.69, 9.17) is 0 Å². The Bertz CT molecular complexity index is 235. The van der Waals surface area contributed by atoms with Crippen molar-refractivity contribution in [3.05, 3.63) is 0 Å². The maximum Gasteiger partial charge on any atom is 0.224 e. The Morgan fingerprint density at radius 3 is 2.44 bits per heavy atom. The molecule has 0 bridgehead atoms. The highest BCUT2D eigenvalue weighted by Crippen LogP contribution is 2.25. The van der Waals surface area contributed by atoms with Gasteiger partial charge in [0.2, 0.25) is 5.91 Å². The lowest BCUT2D eigenvalue weighted by atomic mass is 9.87. The molecule has 0 aromatic rings. The molecule has 0 saturated heterocycles. The van der Waals surface area contributed by atoms with Crippen molar-refractivity contribution >= 4 is 5.91 Å². The number of rotatable bonds is 7. The maximum absolute atomic E-state index is 12.1. The maximum atomic E-state index is 12.1. The van der Waals surface area contributed by atoms with Gasteiger partial charge >= 0.3 is 0 Å². The minimum Gasteiger partial charge on any atom is -0.356 e. The van der Waals surface area contributed by atoms with Gasteiger partial charge in [0.25, 0.3) is 0 Å². The van der Waals surface area contributed by atoms with Gasteiger partial charge in [-0.25, -0.2) is 0 Å². The summed E-state index contributed by atoms with van der Waals surface area (Å²) in [6.45, 7) is 5.86. The largest absolute Gasteiger partial charge is 0.356 e. The standard InChI is InChI=1S/C15H30N2O/c1-12(2)14(11-16-3)15(18)17-10-9-13-7-5-4-6-8-13/h12-14,16H,4-11H2,1-3H3,(H,17,18). The fourth-order valence-corrected chi connectivity index (χ4v) is 2.86. The van der Waals surface area contributed by atoms with E-state index in [1.807, 2.05) is 7.05 Å². The van der Waals surface area contributed by atoms with Gasteiger partial charge in [-0.2, -0.15) is 0 Å². The molecule has 1 rings (SSSR count). The molecule has 0 radical (unpaired) electrons. The fraction of sp³-hybridized carbons (Fsp3) is 0.933. The third-order valence-corrected chi connectivity index (χ3v) is 4.14. The fourth-order valence-electron chi connectivity index (χ4n) is 2.86. The molecule has 1 atom stereocenters. The molecule has 0 aliphatic heterocycles. The zero-order valence-electron chi connectivity index (χ0n) is 12.3. The molecule has 106 valence electrons. The molecule has 1 saturated carbocycles. The lowest BCUT2D eigenvalue weighted by Crippen LogP contribution is -2.39. The molecule has 1 aliphatic rings. The summed E-state index contributed by atoms with van der Waals surface area (Å²) in [6.07, 6.45) is 8.05. The summed E-state index contributed by atoms with van der Waals surface area (Å²) in [5.74, 6) is 1.56. The van der Waals surface area contributed by atoms with Crippen molar-refractivity contribution < 1.29 is 4.79 Å². The van der Waals surface area contributed by atoms with Crippen molar-refractivity contribution in [3.63, 3.8) is 0 Å². The van der Waals surface area contributed by atoms with Gasteiger partial charge in [0.05, 0.1) is 5.92 Å². The van der Waals surface area contributed by atoms with Crippen molar-refractivity contribution in [3.8, 4) is 0 Å². The average Bonchev–Trinajstić information content (AvgIpc) is 2.36. The van der Waals surface area contributed by atoms with Crippen LogP contribution in [0, 0.1) is 17.8 Å². The van der Waals surface area contributed by atoms with Crippen LogP contribution in [-0.4, -0.2) is 26.0 Å². The first-order valence-electron chi connectivity index (χ1n) is 7.57. The van der Waals surface area contributed by atoms with Gasteiger partial charge in [-0.1, -0.05) is 46.0 Å². The van der Waals surface area contributed by atoms with Crippen LogP contribution in [0.15, 0.2) is 0 Å². The molecule has 3 heteroatoms. The van der Waals surface area contributed by atoms with Gasteiger partial charge in [-0.3, -0.25) is 4.79 Å². The van der Waals surface area contributed by atoms with Crippen molar-refractivity contribution in [2.45, 2.75) is 52.4 Å². The van der Waals surface area contributed by atoms with Crippen LogP contribution < -0.4 is 10.6 Å². The van der Waals surface area contributed by atoms with Crippen molar-refractivity contribution in [1.29, 1.82) is 0 Å². The Morgan fingerprint density at radius 1 is 1.22 bits per heavy atom. The summed E-state index contributed by atoms with van der Waals surface area (Å²) in [6, 6.07) is 0. The smallest absolute Gasteiger partial charge is 0.224 e. The van der Waals surface area contributed by atoms with Gasteiger partial charge < -0.3 is 10.6 Å². The minimum absolute atomic E-state index is 0.0985. The van der Waals surface area contributed by atoms with Crippen LogP contribution in [0.3, 0.4) is 0 Å². The van der Waals surface area contributed by atoms with Crippen LogP contribution in [-0.2, 0) is 4.79 Å². The van der Waals surface area contributed by atoms with Crippen LogP contribution >= 0.6 is 0 Å². The lowest BCUT2D eigenvalue weighted by molar-refractivity contribution is -0.126. The van der Waals surface area contributed by atoms with Crippen LogP contribution in [0.25, 0.3) is 0 Å².